The van der Waals surface area contributed by atoms with E-state index in [1.807, 2.05) is 0 Å². The molecular weight excluding hydrogens is 226 g/mol. The normalized spacial score (nSPS) is 13.4. The molecular formula is C14H29NOSi. The van der Waals surface area contributed by atoms with Gasteiger partial charge in [-0.05, 0) is 31.0 Å². The Hall–Kier alpha value is -0.333. The maximum absolute atomic E-state index is 9.18. The van der Waals surface area contributed by atoms with Gasteiger partial charge in [0.1, 0.15) is 6.10 Å². The van der Waals surface area contributed by atoms with Gasteiger partial charge in [-0.25, -0.2) is 0 Å². The van der Waals surface area contributed by atoms with Gasteiger partial charge in [-0.2, -0.15) is 5.26 Å². The molecule has 2 nitrogen and oxygen atoms in total. The molecule has 0 N–H and O–H groups in total. The van der Waals surface area contributed by atoms with Crippen LogP contribution in [-0.4, -0.2) is 14.4 Å². The number of rotatable bonds is 10. The summed E-state index contributed by atoms with van der Waals surface area (Å²) in [4.78, 5) is 0. The van der Waals surface area contributed by atoms with Crippen molar-refractivity contribution in [2.45, 2.75) is 84.0 Å². The molecule has 1 atom stereocenters. The molecule has 1 unspecified atom stereocenters. The first-order valence-electron chi connectivity index (χ1n) is 7.25. The fourth-order valence-corrected chi connectivity index (χ4v) is 4.98. The zero-order valence-corrected chi connectivity index (χ0v) is 13.1. The molecule has 0 saturated heterocycles. The molecule has 0 aliphatic carbocycles. The molecule has 0 spiro atoms. The molecule has 0 aliphatic heterocycles. The highest BCUT2D eigenvalue weighted by molar-refractivity contribution is 6.73. The minimum atomic E-state index is -1.59. The van der Waals surface area contributed by atoms with Crippen molar-refractivity contribution in [3.63, 3.8) is 0 Å². The van der Waals surface area contributed by atoms with Crippen LogP contribution in [0.1, 0.15) is 59.8 Å². The van der Waals surface area contributed by atoms with Crippen LogP contribution >= 0.6 is 0 Å². The third-order valence-corrected chi connectivity index (χ3v) is 8.44. The van der Waals surface area contributed by atoms with Crippen molar-refractivity contribution in [3.05, 3.63) is 0 Å². The summed E-state index contributed by atoms with van der Waals surface area (Å²) in [5, 5.41) is 9.18. The highest BCUT2D eigenvalue weighted by Gasteiger charge is 2.31. The molecule has 0 heterocycles. The predicted molar refractivity (Wildman–Crippen MR) is 76.4 cm³/mol. The van der Waals surface area contributed by atoms with Gasteiger partial charge < -0.3 is 4.43 Å². The van der Waals surface area contributed by atoms with E-state index in [-0.39, 0.29) is 6.10 Å². The average molecular weight is 255 g/mol. The summed E-state index contributed by atoms with van der Waals surface area (Å²) in [5.41, 5.74) is 0. The molecule has 100 valence electrons. The summed E-state index contributed by atoms with van der Waals surface area (Å²) in [6, 6.07) is 5.75. The molecule has 3 heteroatoms. The Bertz CT molecular complexity index is 212. The molecule has 0 aromatic carbocycles. The zero-order chi connectivity index (χ0) is 13.1. The lowest BCUT2D eigenvalue weighted by Crippen LogP contribution is -2.39. The smallest absolute Gasteiger partial charge is 0.193 e. The standard InChI is InChI=1S/C14H29NOSi/c1-5-9-10-11-12-14(13-15)16-17(6-2,7-3)8-4/h14H,5-12H2,1-4H3. The summed E-state index contributed by atoms with van der Waals surface area (Å²) in [7, 11) is -1.59. The van der Waals surface area contributed by atoms with Crippen LogP contribution in [-0.2, 0) is 4.43 Å². The lowest BCUT2D eigenvalue weighted by molar-refractivity contribution is 0.224. The second kappa shape index (κ2) is 9.67. The SMILES string of the molecule is CCCCCCC(C#N)O[Si](CC)(CC)CC. The van der Waals surface area contributed by atoms with E-state index in [1.54, 1.807) is 0 Å². The maximum Gasteiger partial charge on any atom is 0.193 e. The Morgan fingerprint density at radius 3 is 2.00 bits per heavy atom. The number of unbranched alkanes of at least 4 members (excludes halogenated alkanes) is 3. The third-order valence-electron chi connectivity index (χ3n) is 3.79. The van der Waals surface area contributed by atoms with Crippen LogP contribution in [0.25, 0.3) is 0 Å². The lowest BCUT2D eigenvalue weighted by Gasteiger charge is -2.30. The Labute approximate surface area is 108 Å². The van der Waals surface area contributed by atoms with E-state index in [2.05, 4.69) is 33.8 Å². The minimum absolute atomic E-state index is 0.154. The van der Waals surface area contributed by atoms with Crippen molar-refractivity contribution in [2.24, 2.45) is 0 Å². The van der Waals surface area contributed by atoms with Crippen LogP contribution in [0.5, 0.6) is 0 Å². The van der Waals surface area contributed by atoms with E-state index >= 15 is 0 Å². The van der Waals surface area contributed by atoms with Gasteiger partial charge in [0.2, 0.25) is 0 Å². The molecule has 0 bridgehead atoms. The van der Waals surface area contributed by atoms with Crippen molar-refractivity contribution < 1.29 is 4.43 Å². The van der Waals surface area contributed by atoms with E-state index < -0.39 is 8.32 Å². The van der Waals surface area contributed by atoms with Gasteiger partial charge >= 0.3 is 0 Å². The Balaban J connectivity index is 4.14. The van der Waals surface area contributed by atoms with Gasteiger partial charge in [0.15, 0.2) is 8.32 Å². The minimum Gasteiger partial charge on any atom is -0.401 e. The monoisotopic (exact) mass is 255 g/mol. The van der Waals surface area contributed by atoms with Crippen LogP contribution in [0.3, 0.4) is 0 Å². The van der Waals surface area contributed by atoms with Gasteiger partial charge in [0.05, 0.1) is 6.07 Å². The lowest BCUT2D eigenvalue weighted by atomic mass is 10.1. The van der Waals surface area contributed by atoms with Crippen molar-refractivity contribution in [2.75, 3.05) is 0 Å². The van der Waals surface area contributed by atoms with Crippen LogP contribution < -0.4 is 0 Å². The topological polar surface area (TPSA) is 33.0 Å². The first-order chi connectivity index (χ1) is 8.17. The average Bonchev–Trinajstić information content (AvgIpc) is 2.39. The highest BCUT2D eigenvalue weighted by atomic mass is 28.4. The predicted octanol–water partition coefficient (Wildman–Crippen LogP) is 4.87. The van der Waals surface area contributed by atoms with Crippen LogP contribution in [0.15, 0.2) is 0 Å². The van der Waals surface area contributed by atoms with Crippen LogP contribution in [0, 0.1) is 11.3 Å². The van der Waals surface area contributed by atoms with Crippen molar-refractivity contribution in [1.82, 2.24) is 0 Å². The van der Waals surface area contributed by atoms with Crippen molar-refractivity contribution in [1.29, 1.82) is 5.26 Å². The maximum atomic E-state index is 9.18. The molecule has 0 rings (SSSR count). The van der Waals surface area contributed by atoms with Gasteiger partial charge in [-0.3, -0.25) is 0 Å². The molecule has 0 aliphatic rings. The second-order valence-electron chi connectivity index (χ2n) is 4.83. The second-order valence-corrected chi connectivity index (χ2v) is 9.55. The van der Waals surface area contributed by atoms with E-state index in [0.717, 1.165) is 31.0 Å². The summed E-state index contributed by atoms with van der Waals surface area (Å²) in [5.74, 6) is 0. The Kier molecular flexibility index (Phi) is 9.48. The number of hydrogen-bond acceptors (Lipinski definition) is 2. The van der Waals surface area contributed by atoms with Crippen LogP contribution in [0.4, 0.5) is 0 Å². The third kappa shape index (κ3) is 6.23. The zero-order valence-electron chi connectivity index (χ0n) is 12.1. The molecule has 0 amide bonds. The highest BCUT2D eigenvalue weighted by Crippen LogP contribution is 2.24. The molecule has 0 radical (unpaired) electrons. The first kappa shape index (κ1) is 16.7. The van der Waals surface area contributed by atoms with Gasteiger partial charge in [0.25, 0.3) is 0 Å². The van der Waals surface area contributed by atoms with E-state index in [9.17, 15) is 5.26 Å². The molecule has 0 aromatic rings. The summed E-state index contributed by atoms with van der Waals surface area (Å²) < 4.78 is 6.19. The number of nitriles is 1. The quantitative estimate of drug-likeness (QED) is 0.412. The summed E-state index contributed by atoms with van der Waals surface area (Å²) in [6.45, 7) is 8.85. The Morgan fingerprint density at radius 2 is 1.59 bits per heavy atom. The number of hydrogen-bond donors (Lipinski definition) is 0. The van der Waals surface area contributed by atoms with Gasteiger partial charge in [0, 0.05) is 0 Å². The first-order valence-corrected chi connectivity index (χ1v) is 9.78. The van der Waals surface area contributed by atoms with Gasteiger partial charge in [-0.15, -0.1) is 0 Å². The molecule has 17 heavy (non-hydrogen) atoms. The fourth-order valence-electron chi connectivity index (χ4n) is 2.21. The summed E-state index contributed by atoms with van der Waals surface area (Å²) in [6.07, 6.45) is 5.65. The van der Waals surface area contributed by atoms with Crippen LogP contribution in [0.2, 0.25) is 18.1 Å². The molecule has 0 fully saturated rings. The van der Waals surface area contributed by atoms with E-state index in [0.29, 0.717) is 0 Å². The van der Waals surface area contributed by atoms with Crippen molar-refractivity contribution in [3.8, 4) is 6.07 Å². The largest absolute Gasteiger partial charge is 0.401 e. The van der Waals surface area contributed by atoms with Crippen molar-refractivity contribution >= 4 is 8.32 Å². The van der Waals surface area contributed by atoms with Gasteiger partial charge in [-0.1, -0.05) is 47.0 Å². The number of nitrogens with zero attached hydrogens (tertiary/aromatic N) is 1. The summed E-state index contributed by atoms with van der Waals surface area (Å²) >= 11 is 0. The van der Waals surface area contributed by atoms with E-state index in [1.165, 1.54) is 19.3 Å². The Morgan fingerprint density at radius 1 is 1.00 bits per heavy atom. The molecule has 0 saturated carbocycles. The fraction of sp³-hybridized carbons (Fsp3) is 0.929. The van der Waals surface area contributed by atoms with E-state index in [4.69, 9.17) is 4.43 Å². The molecule has 0 aromatic heterocycles.